The van der Waals surface area contributed by atoms with E-state index in [0.717, 1.165) is 38.5 Å². The maximum Gasteiger partial charge on any atom is 0.139 e. The Balaban J connectivity index is 1.39. The number of ketones is 3. The van der Waals surface area contributed by atoms with Gasteiger partial charge in [-0.1, -0.05) is 39.0 Å². The number of Topliss-reactive ketones (excluding diaryl/α,β-unsaturated/α-hetero) is 3. The lowest BCUT2D eigenvalue weighted by molar-refractivity contribution is -0.138. The van der Waals surface area contributed by atoms with Crippen molar-refractivity contribution in [3.63, 3.8) is 0 Å². The van der Waals surface area contributed by atoms with Crippen molar-refractivity contribution in [1.29, 1.82) is 0 Å². The summed E-state index contributed by atoms with van der Waals surface area (Å²) in [5.41, 5.74) is 0. The van der Waals surface area contributed by atoms with Gasteiger partial charge in [-0.2, -0.15) is 0 Å². The second-order valence-electron chi connectivity index (χ2n) is 12.8. The van der Waals surface area contributed by atoms with E-state index in [1.54, 1.807) is 0 Å². The van der Waals surface area contributed by atoms with E-state index in [2.05, 4.69) is 6.92 Å². The summed E-state index contributed by atoms with van der Waals surface area (Å²) >= 11 is 0. The molecule has 13 unspecified atom stereocenters. The van der Waals surface area contributed by atoms with E-state index in [0.29, 0.717) is 41.0 Å². The van der Waals surface area contributed by atoms with E-state index in [1.807, 2.05) is 0 Å². The molecule has 7 rings (SSSR count). The molecule has 7 aliphatic rings. The molecule has 7 aliphatic carbocycles. The van der Waals surface area contributed by atoms with Crippen molar-refractivity contribution in [2.24, 2.45) is 76.9 Å². The highest BCUT2D eigenvalue weighted by Crippen LogP contribution is 2.70. The molecule has 0 aromatic heterocycles. The van der Waals surface area contributed by atoms with Gasteiger partial charge in [0.25, 0.3) is 0 Å². The van der Waals surface area contributed by atoms with Gasteiger partial charge in [-0.25, -0.2) is 0 Å². The fourth-order valence-electron chi connectivity index (χ4n) is 11.1. The van der Waals surface area contributed by atoms with Gasteiger partial charge in [0.1, 0.15) is 17.3 Å². The van der Waals surface area contributed by atoms with Gasteiger partial charge in [-0.3, -0.25) is 14.4 Å². The van der Waals surface area contributed by atoms with Crippen LogP contribution in [-0.4, -0.2) is 17.3 Å². The Morgan fingerprint density at radius 3 is 1.45 bits per heavy atom. The number of fused-ring (bicyclic) bond motifs is 12. The molecule has 0 amide bonds. The Hall–Kier alpha value is -0.990. The molecular weight excluding hydrogens is 384 g/mol. The second-order valence-corrected chi connectivity index (χ2v) is 12.8. The topological polar surface area (TPSA) is 51.2 Å². The predicted octanol–water partition coefficient (Wildman–Crippen LogP) is 5.11. The number of hydrogen-bond donors (Lipinski definition) is 0. The number of carbonyl (C=O) groups excluding carboxylic acids is 3. The standard InChI is InChI=1S/C28H38O3/c1-13-10-11-18-19(12-13)22-24-20(15-7-3-5-9-17(15)27(24)30)23-21(25(22)28(18)31)14-6-2-4-8-16(14)26(23)29/h13-25H,2-12H2,1H3. The molecule has 0 bridgehead atoms. The Morgan fingerprint density at radius 1 is 0.516 bits per heavy atom. The van der Waals surface area contributed by atoms with Gasteiger partial charge in [0.2, 0.25) is 0 Å². The van der Waals surface area contributed by atoms with Crippen LogP contribution in [-0.2, 0) is 14.4 Å². The Morgan fingerprint density at radius 2 is 0.935 bits per heavy atom. The molecule has 3 nitrogen and oxygen atoms in total. The van der Waals surface area contributed by atoms with Crippen LogP contribution in [0.3, 0.4) is 0 Å². The first kappa shape index (κ1) is 19.5. The van der Waals surface area contributed by atoms with Gasteiger partial charge < -0.3 is 0 Å². The Kier molecular flexibility index (Phi) is 4.25. The van der Waals surface area contributed by atoms with Crippen LogP contribution in [0.15, 0.2) is 0 Å². The molecule has 13 atom stereocenters. The molecule has 0 spiro atoms. The highest BCUT2D eigenvalue weighted by atomic mass is 16.1. The Labute approximate surface area is 186 Å². The molecule has 0 N–H and O–H groups in total. The predicted molar refractivity (Wildman–Crippen MR) is 117 cm³/mol. The van der Waals surface area contributed by atoms with Gasteiger partial charge in [0, 0.05) is 35.5 Å². The molecule has 3 heteroatoms. The summed E-state index contributed by atoms with van der Waals surface area (Å²) in [6.07, 6.45) is 12.6. The van der Waals surface area contributed by atoms with Crippen LogP contribution < -0.4 is 0 Å². The fourth-order valence-corrected chi connectivity index (χ4v) is 11.1. The molecule has 0 saturated heterocycles. The van der Waals surface area contributed by atoms with Crippen LogP contribution in [0.25, 0.3) is 0 Å². The Bertz CT molecular complexity index is 814. The van der Waals surface area contributed by atoms with Gasteiger partial charge in [-0.05, 0) is 80.0 Å². The summed E-state index contributed by atoms with van der Waals surface area (Å²) in [6, 6.07) is 0. The third kappa shape index (κ3) is 2.39. The minimum atomic E-state index is 0.0349. The summed E-state index contributed by atoms with van der Waals surface area (Å²) in [5, 5.41) is 0. The molecule has 0 aromatic rings. The van der Waals surface area contributed by atoms with Gasteiger partial charge in [-0.15, -0.1) is 0 Å². The molecule has 7 saturated carbocycles. The van der Waals surface area contributed by atoms with Crippen molar-refractivity contribution >= 4 is 17.3 Å². The molecule has 31 heavy (non-hydrogen) atoms. The third-order valence-electron chi connectivity index (χ3n) is 11.9. The van der Waals surface area contributed by atoms with E-state index >= 15 is 0 Å². The first-order chi connectivity index (χ1) is 15.1. The van der Waals surface area contributed by atoms with Crippen LogP contribution >= 0.6 is 0 Å². The number of hydrogen-bond acceptors (Lipinski definition) is 3. The smallest absolute Gasteiger partial charge is 0.139 e. The van der Waals surface area contributed by atoms with Crippen LogP contribution in [0.2, 0.25) is 0 Å². The van der Waals surface area contributed by atoms with Gasteiger partial charge in [0.05, 0.1) is 0 Å². The fraction of sp³-hybridized carbons (Fsp3) is 0.893. The first-order valence-corrected chi connectivity index (χ1v) is 13.7. The summed E-state index contributed by atoms with van der Waals surface area (Å²) < 4.78 is 0. The molecular formula is C28H38O3. The van der Waals surface area contributed by atoms with Gasteiger partial charge >= 0.3 is 0 Å². The molecule has 0 aromatic carbocycles. The van der Waals surface area contributed by atoms with Crippen LogP contribution in [0.4, 0.5) is 0 Å². The zero-order valence-electron chi connectivity index (χ0n) is 19.0. The van der Waals surface area contributed by atoms with E-state index in [4.69, 9.17) is 0 Å². The first-order valence-electron chi connectivity index (χ1n) is 13.7. The monoisotopic (exact) mass is 422 g/mol. The maximum atomic E-state index is 14.0. The van der Waals surface area contributed by atoms with Crippen molar-refractivity contribution in [2.75, 3.05) is 0 Å². The lowest BCUT2D eigenvalue weighted by Gasteiger charge is -2.48. The van der Waals surface area contributed by atoms with Crippen LogP contribution in [0.5, 0.6) is 0 Å². The van der Waals surface area contributed by atoms with Gasteiger partial charge in [0.15, 0.2) is 0 Å². The summed E-state index contributed by atoms with van der Waals surface area (Å²) in [6.45, 7) is 2.35. The van der Waals surface area contributed by atoms with Crippen molar-refractivity contribution in [2.45, 2.75) is 77.6 Å². The van der Waals surface area contributed by atoms with Crippen LogP contribution in [0.1, 0.15) is 77.6 Å². The molecule has 0 radical (unpaired) electrons. The SMILES string of the molecule is CC1CCC2C(=O)C3C4C5CCCCC5C(=O)C4C4C5CCCCC5C(=O)C4C3C2C1. The van der Waals surface area contributed by atoms with Crippen molar-refractivity contribution in [1.82, 2.24) is 0 Å². The summed E-state index contributed by atoms with van der Waals surface area (Å²) in [4.78, 5) is 41.9. The van der Waals surface area contributed by atoms with E-state index in [1.165, 1.54) is 32.1 Å². The lowest BCUT2D eigenvalue weighted by atomic mass is 9.54. The average molecular weight is 423 g/mol. The third-order valence-corrected chi connectivity index (χ3v) is 11.9. The highest BCUT2D eigenvalue weighted by molar-refractivity contribution is 5.96. The number of carbonyl (C=O) groups is 3. The summed E-state index contributed by atoms with van der Waals surface area (Å²) in [7, 11) is 0. The van der Waals surface area contributed by atoms with E-state index < -0.39 is 0 Å². The molecule has 0 heterocycles. The lowest BCUT2D eigenvalue weighted by Crippen LogP contribution is -2.49. The van der Waals surface area contributed by atoms with Crippen molar-refractivity contribution < 1.29 is 14.4 Å². The normalized spacial score (nSPS) is 57.6. The quantitative estimate of drug-likeness (QED) is 0.545. The number of rotatable bonds is 0. The van der Waals surface area contributed by atoms with E-state index in [-0.39, 0.29) is 53.3 Å². The summed E-state index contributed by atoms with van der Waals surface area (Å²) in [5.74, 6) is 5.04. The largest absolute Gasteiger partial charge is 0.299 e. The minimum absolute atomic E-state index is 0.0349. The molecule has 168 valence electrons. The van der Waals surface area contributed by atoms with Crippen molar-refractivity contribution in [3.8, 4) is 0 Å². The molecule has 0 aliphatic heterocycles. The maximum absolute atomic E-state index is 14.0. The van der Waals surface area contributed by atoms with Crippen molar-refractivity contribution in [3.05, 3.63) is 0 Å². The zero-order chi connectivity index (χ0) is 21.0. The minimum Gasteiger partial charge on any atom is -0.299 e. The van der Waals surface area contributed by atoms with E-state index in [9.17, 15) is 14.4 Å². The average Bonchev–Trinajstić information content (AvgIpc) is 3.36. The van der Waals surface area contributed by atoms with Crippen LogP contribution in [0, 0.1) is 76.9 Å². The molecule has 7 fully saturated rings. The zero-order valence-corrected chi connectivity index (χ0v) is 19.0. The second kappa shape index (κ2) is 6.76. The highest BCUT2D eigenvalue weighted by Gasteiger charge is 2.72.